The SMILES string of the molecule is N[C@@H](C(=O)O)[C@H]1NC(=O)C1=O. The number of amides is 1. The van der Waals surface area contributed by atoms with Gasteiger partial charge in [-0.15, -0.1) is 0 Å². The number of hydrogen-bond donors (Lipinski definition) is 3. The van der Waals surface area contributed by atoms with Crippen molar-refractivity contribution in [1.29, 1.82) is 0 Å². The van der Waals surface area contributed by atoms with E-state index in [2.05, 4.69) is 5.32 Å². The highest BCUT2D eigenvalue weighted by atomic mass is 16.4. The Balaban J connectivity index is 2.59. The standard InChI is InChI=1S/C5H6N2O4/c6-1(5(10)11)2-3(8)4(9)7-2/h1-2H,6H2,(H,7,9)(H,10,11)/t1-,2-/m1/s1. The zero-order chi connectivity index (χ0) is 8.59. The maximum Gasteiger partial charge on any atom is 0.323 e. The number of carbonyl (C=O) groups is 3. The highest BCUT2D eigenvalue weighted by Crippen LogP contribution is 2.02. The number of carbonyl (C=O) groups excluding carboxylic acids is 2. The molecule has 0 spiro atoms. The predicted molar refractivity (Wildman–Crippen MR) is 32.5 cm³/mol. The van der Waals surface area contributed by atoms with Gasteiger partial charge in [0.25, 0.3) is 5.91 Å². The van der Waals surface area contributed by atoms with Gasteiger partial charge < -0.3 is 16.2 Å². The lowest BCUT2D eigenvalue weighted by molar-refractivity contribution is -0.151. The molecule has 60 valence electrons. The third-order valence-electron chi connectivity index (χ3n) is 1.44. The summed E-state index contributed by atoms with van der Waals surface area (Å²) < 4.78 is 0. The molecule has 0 radical (unpaired) electrons. The van der Waals surface area contributed by atoms with Crippen LogP contribution < -0.4 is 11.1 Å². The molecule has 6 nitrogen and oxygen atoms in total. The molecule has 2 atom stereocenters. The Labute approximate surface area is 61.4 Å². The van der Waals surface area contributed by atoms with E-state index in [9.17, 15) is 14.4 Å². The lowest BCUT2D eigenvalue weighted by Crippen LogP contribution is -2.68. The van der Waals surface area contributed by atoms with E-state index < -0.39 is 29.7 Å². The van der Waals surface area contributed by atoms with Gasteiger partial charge in [-0.1, -0.05) is 0 Å². The number of ketones is 1. The average molecular weight is 158 g/mol. The number of carboxylic acid groups (broad SMARTS) is 1. The molecule has 11 heavy (non-hydrogen) atoms. The van der Waals surface area contributed by atoms with E-state index in [4.69, 9.17) is 10.8 Å². The van der Waals surface area contributed by atoms with Crippen LogP contribution in [0.15, 0.2) is 0 Å². The van der Waals surface area contributed by atoms with Crippen molar-refractivity contribution in [3.63, 3.8) is 0 Å². The van der Waals surface area contributed by atoms with Crippen LogP contribution in [-0.2, 0) is 14.4 Å². The minimum atomic E-state index is -1.33. The molecule has 0 bridgehead atoms. The van der Waals surface area contributed by atoms with Crippen molar-refractivity contribution in [2.45, 2.75) is 12.1 Å². The van der Waals surface area contributed by atoms with Crippen molar-refractivity contribution in [1.82, 2.24) is 5.32 Å². The predicted octanol–water partition coefficient (Wildman–Crippen LogP) is -2.53. The van der Waals surface area contributed by atoms with Gasteiger partial charge in [-0.3, -0.25) is 14.4 Å². The molecule has 6 heteroatoms. The molecular formula is C5H6N2O4. The fraction of sp³-hybridized carbons (Fsp3) is 0.400. The fourth-order valence-corrected chi connectivity index (χ4v) is 0.737. The first-order valence-electron chi connectivity index (χ1n) is 2.87. The molecule has 1 aliphatic rings. The number of carboxylic acids is 1. The van der Waals surface area contributed by atoms with Crippen LogP contribution in [0.1, 0.15) is 0 Å². The van der Waals surface area contributed by atoms with Gasteiger partial charge >= 0.3 is 5.97 Å². The molecule has 1 rings (SSSR count). The van der Waals surface area contributed by atoms with Gasteiger partial charge in [-0.05, 0) is 0 Å². The largest absolute Gasteiger partial charge is 0.480 e. The zero-order valence-electron chi connectivity index (χ0n) is 5.40. The van der Waals surface area contributed by atoms with Gasteiger partial charge in [0.2, 0.25) is 5.78 Å². The van der Waals surface area contributed by atoms with Gasteiger partial charge in [-0.2, -0.15) is 0 Å². The van der Waals surface area contributed by atoms with Crippen LogP contribution in [-0.4, -0.2) is 34.8 Å². The molecule has 0 unspecified atom stereocenters. The van der Waals surface area contributed by atoms with Gasteiger partial charge in [-0.25, -0.2) is 0 Å². The third-order valence-corrected chi connectivity index (χ3v) is 1.44. The van der Waals surface area contributed by atoms with Crippen LogP contribution in [0.2, 0.25) is 0 Å². The van der Waals surface area contributed by atoms with E-state index in [0.29, 0.717) is 0 Å². The number of Topliss-reactive ketones (excluding diaryl/α,β-unsaturated/α-hetero) is 1. The van der Waals surface area contributed by atoms with E-state index in [-0.39, 0.29) is 0 Å². The van der Waals surface area contributed by atoms with Crippen molar-refractivity contribution in [2.24, 2.45) is 5.73 Å². The summed E-state index contributed by atoms with van der Waals surface area (Å²) in [6.45, 7) is 0. The lowest BCUT2D eigenvalue weighted by Gasteiger charge is -2.27. The number of β-lactam (4-membered cyclic amide) rings is 1. The first-order chi connectivity index (χ1) is 5.04. The molecule has 1 saturated heterocycles. The van der Waals surface area contributed by atoms with Gasteiger partial charge in [0.1, 0.15) is 12.1 Å². The topological polar surface area (TPSA) is 109 Å². The van der Waals surface area contributed by atoms with Crippen molar-refractivity contribution in [2.75, 3.05) is 0 Å². The number of nitrogens with one attached hydrogen (secondary N) is 1. The first kappa shape index (κ1) is 7.67. The Bertz CT molecular complexity index is 237. The van der Waals surface area contributed by atoms with E-state index in [0.717, 1.165) is 0 Å². The molecule has 1 aliphatic heterocycles. The van der Waals surface area contributed by atoms with Crippen LogP contribution in [0, 0.1) is 0 Å². The molecule has 0 aromatic heterocycles. The maximum atomic E-state index is 10.6. The Morgan fingerprint density at radius 2 is 2.18 bits per heavy atom. The number of nitrogens with two attached hydrogens (primary N) is 1. The smallest absolute Gasteiger partial charge is 0.323 e. The maximum absolute atomic E-state index is 10.6. The summed E-state index contributed by atoms with van der Waals surface area (Å²) in [4.78, 5) is 31.0. The van der Waals surface area contributed by atoms with Crippen LogP contribution in [0.4, 0.5) is 0 Å². The third kappa shape index (κ3) is 1.07. The van der Waals surface area contributed by atoms with Crippen LogP contribution in [0.3, 0.4) is 0 Å². The van der Waals surface area contributed by atoms with Crippen LogP contribution >= 0.6 is 0 Å². The summed E-state index contributed by atoms with van der Waals surface area (Å²) >= 11 is 0. The van der Waals surface area contributed by atoms with Crippen molar-refractivity contribution < 1.29 is 19.5 Å². The van der Waals surface area contributed by atoms with Gasteiger partial charge in [0.05, 0.1) is 0 Å². The first-order valence-corrected chi connectivity index (χ1v) is 2.87. The zero-order valence-corrected chi connectivity index (χ0v) is 5.40. The van der Waals surface area contributed by atoms with Crippen LogP contribution in [0.5, 0.6) is 0 Å². The Morgan fingerprint density at radius 1 is 1.64 bits per heavy atom. The molecule has 1 fully saturated rings. The second-order valence-electron chi connectivity index (χ2n) is 2.18. The summed E-state index contributed by atoms with van der Waals surface area (Å²) in [6.07, 6.45) is 0. The molecule has 1 heterocycles. The second kappa shape index (κ2) is 2.31. The minimum absolute atomic E-state index is 0.764. The van der Waals surface area contributed by atoms with E-state index >= 15 is 0 Å². The molecule has 0 aliphatic carbocycles. The summed E-state index contributed by atoms with van der Waals surface area (Å²) in [5.41, 5.74) is 5.04. The summed E-state index contributed by atoms with van der Waals surface area (Å²) in [5.74, 6) is -2.84. The normalized spacial score (nSPS) is 25.4. The second-order valence-corrected chi connectivity index (χ2v) is 2.18. The highest BCUT2D eigenvalue weighted by molar-refractivity contribution is 6.45. The Morgan fingerprint density at radius 3 is 2.45 bits per heavy atom. The monoisotopic (exact) mass is 158 g/mol. The quantitative estimate of drug-likeness (QED) is 0.303. The molecule has 1 amide bonds. The fourth-order valence-electron chi connectivity index (χ4n) is 0.737. The molecule has 0 aromatic carbocycles. The van der Waals surface area contributed by atoms with Crippen molar-refractivity contribution in [3.05, 3.63) is 0 Å². The van der Waals surface area contributed by atoms with E-state index in [1.807, 2.05) is 0 Å². The molecular weight excluding hydrogens is 152 g/mol. The van der Waals surface area contributed by atoms with Gasteiger partial charge in [0, 0.05) is 0 Å². The van der Waals surface area contributed by atoms with E-state index in [1.54, 1.807) is 0 Å². The lowest BCUT2D eigenvalue weighted by atomic mass is 9.97. The van der Waals surface area contributed by atoms with Crippen molar-refractivity contribution >= 4 is 17.7 Å². The summed E-state index contributed by atoms with van der Waals surface area (Å²) in [6, 6.07) is -2.37. The van der Waals surface area contributed by atoms with Gasteiger partial charge in [0.15, 0.2) is 0 Å². The summed E-state index contributed by atoms with van der Waals surface area (Å²) in [5, 5.41) is 10.4. The number of rotatable bonds is 2. The molecule has 0 saturated carbocycles. The summed E-state index contributed by atoms with van der Waals surface area (Å²) in [7, 11) is 0. The number of hydrogen-bond acceptors (Lipinski definition) is 4. The Kier molecular flexibility index (Phi) is 1.61. The highest BCUT2D eigenvalue weighted by Gasteiger charge is 2.43. The average Bonchev–Trinajstić information content (AvgIpc) is 1.98. The number of aliphatic carboxylic acids is 1. The van der Waals surface area contributed by atoms with Crippen LogP contribution in [0.25, 0.3) is 0 Å². The van der Waals surface area contributed by atoms with Crippen molar-refractivity contribution in [3.8, 4) is 0 Å². The van der Waals surface area contributed by atoms with E-state index in [1.165, 1.54) is 0 Å². The molecule has 4 N–H and O–H groups in total. The minimum Gasteiger partial charge on any atom is -0.480 e. The molecule has 0 aromatic rings. The Hall–Kier alpha value is -1.43.